The summed E-state index contributed by atoms with van der Waals surface area (Å²) >= 11 is 0. The molecule has 0 fully saturated rings. The Morgan fingerprint density at radius 3 is 2.20 bits per heavy atom. The minimum atomic E-state index is 0.194. The maximum atomic E-state index is 8.34. The average Bonchev–Trinajstić information content (AvgIpc) is 3.51. The summed E-state index contributed by atoms with van der Waals surface area (Å²) in [5, 5.41) is 11.8. The molecule has 0 spiro atoms. The van der Waals surface area contributed by atoms with E-state index in [1.165, 1.54) is 5.57 Å². The Labute approximate surface area is 362 Å². The second kappa shape index (κ2) is 21.6. The van der Waals surface area contributed by atoms with Crippen LogP contribution >= 0.6 is 0 Å². The van der Waals surface area contributed by atoms with Gasteiger partial charge in [-0.05, 0) is 78.1 Å². The van der Waals surface area contributed by atoms with Gasteiger partial charge in [-0.15, -0.1) is 18.9 Å². The number of para-hydroxylation sites is 1. The largest absolute Gasteiger partial charge is 0.398 e. The van der Waals surface area contributed by atoms with E-state index in [2.05, 4.69) is 118 Å². The van der Waals surface area contributed by atoms with Gasteiger partial charge >= 0.3 is 0 Å². The highest BCUT2D eigenvalue weighted by Gasteiger charge is 2.20. The Hall–Kier alpha value is -7.40. The van der Waals surface area contributed by atoms with Crippen molar-refractivity contribution in [3.05, 3.63) is 227 Å². The number of allylic oxidation sites excluding steroid dienone is 11. The second-order valence-corrected chi connectivity index (χ2v) is 15.6. The Morgan fingerprint density at radius 1 is 0.820 bits per heavy atom. The summed E-state index contributed by atoms with van der Waals surface area (Å²) in [4.78, 5) is 13.6. The first-order valence-electron chi connectivity index (χ1n) is 20.3. The molecule has 61 heavy (non-hydrogen) atoms. The van der Waals surface area contributed by atoms with Crippen LogP contribution in [0.25, 0.3) is 23.0 Å². The standard InChI is InChI=1S/C34H26N4.C19H26N2.C2H4/c1-23(24-17-19-26(20-18-24)33-16-8-10-25-9-2-7-15-32(25)38-33)36-21-27-22-37-34(29-12-4-3-11-28(27)29)30-13-5-6-14-31(30)35;1-15(12-13-19(2,3)4)6-11-18(20)17-9-7-16(8-10-17)14-21-5;1-2/h2-7,9-20,22,35,37H,21H2,1H3;6-13H,5,14,20H2,1-4H3;1-2H2/b34-30-,35-31?,36-23?;13-12-,15-6+,18-11-;. The highest BCUT2D eigenvalue weighted by Crippen LogP contribution is 2.32. The lowest BCUT2D eigenvalue weighted by atomic mass is 9.90. The number of nitrogens with zero attached hydrogens (tertiary/aromatic N) is 3. The number of hydrogen-bond acceptors (Lipinski definition) is 6. The van der Waals surface area contributed by atoms with Crippen LogP contribution in [0, 0.1) is 10.8 Å². The van der Waals surface area contributed by atoms with Gasteiger partial charge in [0.15, 0.2) is 0 Å². The molecular weight excluding hydrogens is 745 g/mol. The molecule has 0 amide bonds. The zero-order valence-electron chi connectivity index (χ0n) is 36.0. The van der Waals surface area contributed by atoms with E-state index in [4.69, 9.17) is 21.1 Å². The molecule has 1 aliphatic carbocycles. The van der Waals surface area contributed by atoms with Gasteiger partial charge < -0.3 is 16.5 Å². The van der Waals surface area contributed by atoms with E-state index in [9.17, 15) is 0 Å². The van der Waals surface area contributed by atoms with Gasteiger partial charge in [0, 0.05) is 45.9 Å². The summed E-state index contributed by atoms with van der Waals surface area (Å²) in [7, 11) is 0. The summed E-state index contributed by atoms with van der Waals surface area (Å²) < 4.78 is 0. The van der Waals surface area contributed by atoms with E-state index in [1.54, 1.807) is 0 Å². The van der Waals surface area contributed by atoms with Crippen molar-refractivity contribution in [2.75, 3.05) is 6.54 Å². The molecule has 3 aliphatic rings. The fraction of sp³-hybridized carbons (Fsp3) is 0.145. The van der Waals surface area contributed by atoms with Crippen molar-refractivity contribution in [2.24, 2.45) is 26.1 Å². The Morgan fingerprint density at radius 2 is 1.49 bits per heavy atom. The van der Waals surface area contributed by atoms with Crippen LogP contribution < -0.4 is 11.1 Å². The molecular formula is C55H56N6. The highest BCUT2D eigenvalue weighted by atomic mass is 14.9. The van der Waals surface area contributed by atoms with Crippen LogP contribution in [0.2, 0.25) is 0 Å². The van der Waals surface area contributed by atoms with Gasteiger partial charge in [-0.1, -0.05) is 154 Å². The molecule has 0 saturated carbocycles. The number of nitrogens with one attached hydrogen (secondary N) is 2. The lowest BCUT2D eigenvalue weighted by Gasteiger charge is -2.23. The molecule has 2 heterocycles. The van der Waals surface area contributed by atoms with Crippen LogP contribution in [0.4, 0.5) is 5.69 Å². The lowest BCUT2D eigenvalue weighted by Crippen LogP contribution is -2.18. The predicted molar refractivity (Wildman–Crippen MR) is 265 cm³/mol. The molecule has 4 aromatic carbocycles. The van der Waals surface area contributed by atoms with Gasteiger partial charge in [-0.2, -0.15) is 0 Å². The third kappa shape index (κ3) is 12.5. The predicted octanol–water partition coefficient (Wildman–Crippen LogP) is 12.8. The van der Waals surface area contributed by atoms with Gasteiger partial charge in [0.2, 0.25) is 0 Å². The van der Waals surface area contributed by atoms with Crippen LogP contribution in [-0.2, 0) is 6.54 Å². The van der Waals surface area contributed by atoms with Crippen molar-refractivity contribution >= 4 is 52.6 Å². The molecule has 306 valence electrons. The van der Waals surface area contributed by atoms with Crippen LogP contribution in [0.5, 0.6) is 0 Å². The molecule has 7 rings (SSSR count). The summed E-state index contributed by atoms with van der Waals surface area (Å²) in [5.74, 6) is 0. The normalized spacial score (nSPS) is 15.9. The number of fused-ring (bicyclic) bond motifs is 2. The zero-order chi connectivity index (χ0) is 43.8. The van der Waals surface area contributed by atoms with Gasteiger partial charge in [0.1, 0.15) is 0 Å². The van der Waals surface area contributed by atoms with Gasteiger partial charge in [-0.25, -0.2) is 4.99 Å². The average molecular weight is 801 g/mol. The molecule has 0 atom stereocenters. The molecule has 0 bridgehead atoms. The summed E-state index contributed by atoms with van der Waals surface area (Å²) in [5.41, 5.74) is 25.4. The minimum Gasteiger partial charge on any atom is -0.398 e. The van der Waals surface area contributed by atoms with Crippen molar-refractivity contribution in [2.45, 2.75) is 41.2 Å². The quantitative estimate of drug-likeness (QED) is 0.0680. The summed E-state index contributed by atoms with van der Waals surface area (Å²) in [6, 6.07) is 32.9. The first kappa shape index (κ1) is 44.7. The third-order valence-electron chi connectivity index (χ3n) is 9.80. The van der Waals surface area contributed by atoms with Crippen molar-refractivity contribution < 1.29 is 0 Å². The van der Waals surface area contributed by atoms with E-state index in [1.807, 2.05) is 116 Å². The molecule has 0 aromatic heterocycles. The number of aliphatic imine (C=N–C) groups is 3. The molecule has 0 unspecified atom stereocenters. The molecule has 6 heteroatoms. The summed E-state index contributed by atoms with van der Waals surface area (Å²) in [6.07, 6.45) is 21.9. The molecule has 4 aromatic rings. The molecule has 4 N–H and O–H groups in total. The number of rotatable bonds is 9. The van der Waals surface area contributed by atoms with Crippen molar-refractivity contribution in [3.8, 4) is 0 Å². The Kier molecular flexibility index (Phi) is 15.8. The molecule has 0 saturated heterocycles. The fourth-order valence-electron chi connectivity index (χ4n) is 6.45. The zero-order valence-corrected chi connectivity index (χ0v) is 36.0. The van der Waals surface area contributed by atoms with Gasteiger partial charge in [0.25, 0.3) is 0 Å². The van der Waals surface area contributed by atoms with Crippen LogP contribution in [0.1, 0.15) is 73.6 Å². The van der Waals surface area contributed by atoms with Gasteiger partial charge in [0.05, 0.1) is 35.9 Å². The topological polar surface area (TPSA) is 99.0 Å². The van der Waals surface area contributed by atoms with Crippen LogP contribution in [-0.4, -0.2) is 30.4 Å². The van der Waals surface area contributed by atoms with E-state index in [0.717, 1.165) is 78.6 Å². The van der Waals surface area contributed by atoms with Crippen LogP contribution in [0.3, 0.4) is 0 Å². The van der Waals surface area contributed by atoms with Crippen molar-refractivity contribution in [3.63, 3.8) is 0 Å². The molecule has 2 aliphatic heterocycles. The fourth-order valence-corrected chi connectivity index (χ4v) is 6.45. The van der Waals surface area contributed by atoms with E-state index in [-0.39, 0.29) is 5.41 Å². The first-order valence-corrected chi connectivity index (χ1v) is 20.3. The monoisotopic (exact) mass is 800 g/mol. The SMILES string of the molecule is C=C.C=NCc1ccc(/C(N)=C/C=C(C)/C=C\C(C)(C)C)cc1.CC(=NCC1=CN/C(=C2/C=CC=CC2=N)c2ccccc21)c1ccc(C2=Nc3ccccc3C=C=C2)cc1. The smallest absolute Gasteiger partial charge is 0.0786 e. The van der Waals surface area contributed by atoms with Crippen LogP contribution in [0.15, 0.2) is 203 Å². The second-order valence-electron chi connectivity index (χ2n) is 15.6. The summed E-state index contributed by atoms with van der Waals surface area (Å²) in [6.45, 7) is 21.4. The first-order chi connectivity index (χ1) is 29.5. The van der Waals surface area contributed by atoms with E-state index in [0.29, 0.717) is 18.8 Å². The maximum Gasteiger partial charge on any atom is 0.0786 e. The molecule has 0 radical (unpaired) electrons. The van der Waals surface area contributed by atoms with E-state index < -0.39 is 0 Å². The van der Waals surface area contributed by atoms with Gasteiger partial charge in [-0.3, -0.25) is 9.98 Å². The number of benzene rings is 4. The maximum absolute atomic E-state index is 8.34. The molecule has 6 nitrogen and oxygen atoms in total. The Balaban J connectivity index is 0.000000261. The van der Waals surface area contributed by atoms with Crippen molar-refractivity contribution in [1.29, 1.82) is 5.41 Å². The number of nitrogens with two attached hydrogens (primary N) is 1. The number of hydrogen-bond donors (Lipinski definition) is 3. The third-order valence-corrected chi connectivity index (χ3v) is 9.80. The Bertz CT molecular complexity index is 2580. The lowest BCUT2D eigenvalue weighted by molar-refractivity contribution is 0.544. The van der Waals surface area contributed by atoms with E-state index >= 15 is 0 Å². The highest BCUT2D eigenvalue weighted by molar-refractivity contribution is 6.15. The minimum absolute atomic E-state index is 0.194. The van der Waals surface area contributed by atoms with Crippen molar-refractivity contribution in [1.82, 2.24) is 5.32 Å².